The van der Waals surface area contributed by atoms with Gasteiger partial charge in [0, 0.05) is 6.08 Å². The molecule has 8 nitrogen and oxygen atoms in total. The van der Waals surface area contributed by atoms with Crippen molar-refractivity contribution in [1.29, 1.82) is 0 Å². The van der Waals surface area contributed by atoms with Crippen LogP contribution in [0.4, 0.5) is 4.39 Å². The van der Waals surface area contributed by atoms with Gasteiger partial charge < -0.3 is 14.2 Å². The lowest BCUT2D eigenvalue weighted by molar-refractivity contribution is -0.134. The molecule has 0 N–H and O–H groups in total. The highest BCUT2D eigenvalue weighted by Crippen LogP contribution is 2.30. The Hall–Kier alpha value is -4.31. The predicted molar refractivity (Wildman–Crippen MR) is 124 cm³/mol. The van der Waals surface area contributed by atoms with Crippen LogP contribution in [-0.4, -0.2) is 40.9 Å². The number of methoxy groups -OCH3 is 2. The maximum absolute atomic E-state index is 13.4. The predicted octanol–water partition coefficient (Wildman–Crippen LogP) is 4.55. The molecule has 4 rings (SSSR count). The maximum atomic E-state index is 13.4. The van der Waals surface area contributed by atoms with Crippen molar-refractivity contribution in [3.63, 3.8) is 0 Å². The Labute approximate surface area is 197 Å². The summed E-state index contributed by atoms with van der Waals surface area (Å²) < 4.78 is 30.2. The van der Waals surface area contributed by atoms with E-state index in [4.69, 9.17) is 9.47 Å². The van der Waals surface area contributed by atoms with Crippen molar-refractivity contribution >= 4 is 29.4 Å². The molecule has 2 aromatic heterocycles. The highest BCUT2D eigenvalue weighted by atomic mass is 32.1. The SMILES string of the molecule is COC(=O)/C=C/c1ccc(OC(=O)c2nc(-c3cccs3)n(-c3ccc(F)cc3)n2)c(OC)c1. The van der Waals surface area contributed by atoms with Crippen molar-refractivity contribution in [2.75, 3.05) is 14.2 Å². The molecular formula is C24H18FN3O5S. The fraction of sp³-hybridized carbons (Fsp3) is 0.0833. The van der Waals surface area contributed by atoms with Crippen LogP contribution in [0, 0.1) is 5.82 Å². The number of aromatic nitrogens is 3. The first-order valence-electron chi connectivity index (χ1n) is 9.91. The number of halogens is 1. The summed E-state index contributed by atoms with van der Waals surface area (Å²) in [6, 6.07) is 14.2. The second kappa shape index (κ2) is 10.1. The number of nitrogens with zero attached hydrogens (tertiary/aromatic N) is 3. The Morgan fingerprint density at radius 1 is 1.06 bits per heavy atom. The average molecular weight is 479 g/mol. The molecule has 0 aliphatic rings. The van der Waals surface area contributed by atoms with Gasteiger partial charge in [0.05, 0.1) is 24.8 Å². The van der Waals surface area contributed by atoms with Crippen LogP contribution in [-0.2, 0) is 9.53 Å². The molecule has 4 aromatic rings. The number of hydrogen-bond acceptors (Lipinski definition) is 8. The molecule has 172 valence electrons. The van der Waals surface area contributed by atoms with E-state index in [-0.39, 0.29) is 17.3 Å². The number of thiophene rings is 1. The lowest BCUT2D eigenvalue weighted by Crippen LogP contribution is -2.12. The van der Waals surface area contributed by atoms with Gasteiger partial charge in [0.25, 0.3) is 5.82 Å². The third-order valence-corrected chi connectivity index (χ3v) is 5.47. The number of esters is 2. The molecule has 10 heteroatoms. The minimum atomic E-state index is -0.796. The monoisotopic (exact) mass is 479 g/mol. The molecule has 34 heavy (non-hydrogen) atoms. The van der Waals surface area contributed by atoms with E-state index in [2.05, 4.69) is 14.8 Å². The standard InChI is InChI=1S/C24H18FN3O5S/c1-31-19-14-15(6-12-21(29)32-2)5-11-18(19)33-24(30)22-26-23(20-4-3-13-34-20)28(27-22)17-9-7-16(25)8-10-17/h3-14H,1-2H3/b12-6+. The zero-order valence-corrected chi connectivity index (χ0v) is 18.9. The third-order valence-electron chi connectivity index (χ3n) is 4.61. The van der Waals surface area contributed by atoms with Gasteiger partial charge in [-0.15, -0.1) is 16.4 Å². The first kappa shape index (κ1) is 22.9. The molecule has 2 heterocycles. The lowest BCUT2D eigenvalue weighted by Gasteiger charge is -2.08. The van der Waals surface area contributed by atoms with Crippen molar-refractivity contribution in [3.05, 3.63) is 83.3 Å². The van der Waals surface area contributed by atoms with Crippen LogP contribution in [0.3, 0.4) is 0 Å². The first-order valence-corrected chi connectivity index (χ1v) is 10.8. The number of hydrogen-bond donors (Lipinski definition) is 0. The van der Waals surface area contributed by atoms with Crippen LogP contribution in [0.15, 0.2) is 66.1 Å². The van der Waals surface area contributed by atoms with Crippen molar-refractivity contribution < 1.29 is 28.2 Å². The average Bonchev–Trinajstić information content (AvgIpc) is 3.54. The number of benzene rings is 2. The minimum Gasteiger partial charge on any atom is -0.493 e. The van der Waals surface area contributed by atoms with Crippen LogP contribution in [0.1, 0.15) is 16.2 Å². The van der Waals surface area contributed by atoms with Gasteiger partial charge >= 0.3 is 11.9 Å². The third kappa shape index (κ3) is 5.02. The fourth-order valence-corrected chi connectivity index (χ4v) is 3.67. The smallest absolute Gasteiger partial charge is 0.383 e. The molecule has 0 aliphatic heterocycles. The molecule has 0 atom stereocenters. The summed E-state index contributed by atoms with van der Waals surface area (Å²) in [5.74, 6) is -1.02. The van der Waals surface area contributed by atoms with Gasteiger partial charge in [-0.1, -0.05) is 12.1 Å². The van der Waals surface area contributed by atoms with E-state index in [1.807, 2.05) is 17.5 Å². The molecule has 0 bridgehead atoms. The Morgan fingerprint density at radius 2 is 1.85 bits per heavy atom. The van der Waals surface area contributed by atoms with Gasteiger partial charge in [0.1, 0.15) is 5.82 Å². The van der Waals surface area contributed by atoms with E-state index in [1.165, 1.54) is 54.5 Å². The normalized spacial score (nSPS) is 10.9. The van der Waals surface area contributed by atoms with Gasteiger partial charge in [-0.25, -0.2) is 18.7 Å². The number of carbonyl (C=O) groups excluding carboxylic acids is 2. The zero-order chi connectivity index (χ0) is 24.1. The molecule has 0 amide bonds. The molecule has 0 spiro atoms. The summed E-state index contributed by atoms with van der Waals surface area (Å²) in [6.45, 7) is 0. The van der Waals surface area contributed by atoms with Crippen molar-refractivity contribution in [2.24, 2.45) is 0 Å². The number of carbonyl (C=O) groups is 2. The number of rotatable bonds is 7. The Bertz CT molecular complexity index is 1350. The molecule has 0 saturated carbocycles. The molecule has 0 aliphatic carbocycles. The summed E-state index contributed by atoms with van der Waals surface area (Å²) in [4.78, 5) is 29.3. The fourth-order valence-electron chi connectivity index (χ4n) is 2.98. The largest absolute Gasteiger partial charge is 0.493 e. The van der Waals surface area contributed by atoms with Crippen molar-refractivity contribution in [2.45, 2.75) is 0 Å². The van der Waals surface area contributed by atoms with Crippen LogP contribution in [0.5, 0.6) is 11.5 Å². The second-order valence-electron chi connectivity index (χ2n) is 6.78. The summed E-state index contributed by atoms with van der Waals surface area (Å²) >= 11 is 1.42. The first-order chi connectivity index (χ1) is 16.5. The van der Waals surface area contributed by atoms with E-state index in [0.717, 1.165) is 4.88 Å². The molecule has 0 saturated heterocycles. The van der Waals surface area contributed by atoms with E-state index in [9.17, 15) is 14.0 Å². The van der Waals surface area contributed by atoms with E-state index < -0.39 is 17.8 Å². The van der Waals surface area contributed by atoms with E-state index >= 15 is 0 Å². The number of ether oxygens (including phenoxy) is 3. The van der Waals surface area contributed by atoms with Crippen LogP contribution < -0.4 is 9.47 Å². The highest BCUT2D eigenvalue weighted by Gasteiger charge is 2.22. The quantitative estimate of drug-likeness (QED) is 0.218. The molecule has 2 aromatic carbocycles. The van der Waals surface area contributed by atoms with Crippen molar-refractivity contribution in [1.82, 2.24) is 14.8 Å². The Kier molecular flexibility index (Phi) is 6.79. The lowest BCUT2D eigenvalue weighted by atomic mass is 10.2. The molecule has 0 unspecified atom stereocenters. The summed E-state index contributed by atoms with van der Waals surface area (Å²) in [7, 11) is 2.71. The van der Waals surface area contributed by atoms with E-state index in [1.54, 1.807) is 30.3 Å². The summed E-state index contributed by atoms with van der Waals surface area (Å²) in [5, 5.41) is 6.18. The van der Waals surface area contributed by atoms with E-state index in [0.29, 0.717) is 17.1 Å². The van der Waals surface area contributed by atoms with Gasteiger partial charge in [-0.3, -0.25) is 0 Å². The van der Waals surface area contributed by atoms with Crippen molar-refractivity contribution in [3.8, 4) is 27.9 Å². The second-order valence-corrected chi connectivity index (χ2v) is 7.73. The van der Waals surface area contributed by atoms with Gasteiger partial charge in [-0.05, 0) is 59.5 Å². The van der Waals surface area contributed by atoms with Crippen LogP contribution in [0.25, 0.3) is 22.5 Å². The minimum absolute atomic E-state index is 0.151. The Morgan fingerprint density at radius 3 is 2.53 bits per heavy atom. The van der Waals surface area contributed by atoms with Gasteiger partial charge in [-0.2, -0.15) is 4.98 Å². The summed E-state index contributed by atoms with van der Waals surface area (Å²) in [6.07, 6.45) is 2.80. The Balaban J connectivity index is 1.63. The zero-order valence-electron chi connectivity index (χ0n) is 18.1. The van der Waals surface area contributed by atoms with Crippen LogP contribution in [0.2, 0.25) is 0 Å². The maximum Gasteiger partial charge on any atom is 0.383 e. The summed E-state index contributed by atoms with van der Waals surface area (Å²) in [5.41, 5.74) is 1.18. The highest BCUT2D eigenvalue weighted by molar-refractivity contribution is 7.13. The topological polar surface area (TPSA) is 92.5 Å². The van der Waals surface area contributed by atoms with Gasteiger partial charge in [0.2, 0.25) is 0 Å². The van der Waals surface area contributed by atoms with Crippen LogP contribution >= 0.6 is 11.3 Å². The van der Waals surface area contributed by atoms with Gasteiger partial charge in [0.15, 0.2) is 17.3 Å². The molecule has 0 fully saturated rings. The molecular weight excluding hydrogens is 461 g/mol. The molecule has 0 radical (unpaired) electrons.